The van der Waals surface area contributed by atoms with Crippen molar-refractivity contribution in [2.24, 2.45) is 0 Å². The number of hydrogen-bond acceptors (Lipinski definition) is 4. The summed E-state index contributed by atoms with van der Waals surface area (Å²) in [6.45, 7) is 3.02. The number of likely N-dealkylation sites (tertiary alicyclic amines) is 1. The zero-order valence-corrected chi connectivity index (χ0v) is 14.4. The first kappa shape index (κ1) is 14.6. The number of aromatic nitrogens is 3. The molecule has 1 atom stereocenters. The number of nitrogens with zero attached hydrogens (tertiary/aromatic N) is 4. The number of aryl methyl sites for hydroxylation is 1. The van der Waals surface area contributed by atoms with Crippen LogP contribution in [0.15, 0.2) is 17.5 Å². The summed E-state index contributed by atoms with van der Waals surface area (Å²) in [6.07, 6.45) is 7.36. The van der Waals surface area contributed by atoms with Gasteiger partial charge in [0, 0.05) is 30.4 Å². The molecule has 22 heavy (non-hydrogen) atoms. The van der Waals surface area contributed by atoms with Crippen molar-refractivity contribution in [1.82, 2.24) is 19.2 Å². The number of hydrogen-bond donors (Lipinski definition) is 0. The Balaban J connectivity index is 1.57. The lowest BCUT2D eigenvalue weighted by Gasteiger charge is -2.23. The Hall–Kier alpha value is -0.980. The highest BCUT2D eigenvalue weighted by Gasteiger charge is 2.27. The van der Waals surface area contributed by atoms with Crippen molar-refractivity contribution in [3.63, 3.8) is 0 Å². The van der Waals surface area contributed by atoms with E-state index >= 15 is 0 Å². The van der Waals surface area contributed by atoms with Crippen LogP contribution in [0, 0.1) is 4.77 Å². The van der Waals surface area contributed by atoms with Crippen molar-refractivity contribution >= 4 is 23.6 Å². The third kappa shape index (κ3) is 2.68. The first-order valence-electron chi connectivity index (χ1n) is 8.27. The van der Waals surface area contributed by atoms with Crippen LogP contribution in [0.5, 0.6) is 0 Å². The summed E-state index contributed by atoms with van der Waals surface area (Å²) < 4.78 is 5.23. The van der Waals surface area contributed by atoms with Crippen LogP contribution < -0.4 is 0 Å². The summed E-state index contributed by atoms with van der Waals surface area (Å²) in [6, 6.07) is 4.96. The highest BCUT2D eigenvalue weighted by Crippen LogP contribution is 2.34. The van der Waals surface area contributed by atoms with E-state index in [1.165, 1.54) is 42.8 Å². The molecule has 6 heteroatoms. The van der Waals surface area contributed by atoms with Gasteiger partial charge in [-0.3, -0.25) is 4.90 Å². The maximum absolute atomic E-state index is 5.68. The Morgan fingerprint density at radius 1 is 1.23 bits per heavy atom. The van der Waals surface area contributed by atoms with Gasteiger partial charge in [-0.25, -0.2) is 4.68 Å². The molecule has 0 spiro atoms. The van der Waals surface area contributed by atoms with Crippen LogP contribution in [0.2, 0.25) is 0 Å². The highest BCUT2D eigenvalue weighted by molar-refractivity contribution is 7.71. The second-order valence-electron chi connectivity index (χ2n) is 6.29. The van der Waals surface area contributed by atoms with Gasteiger partial charge in [-0.15, -0.1) is 11.3 Å². The van der Waals surface area contributed by atoms with Gasteiger partial charge in [-0.05, 0) is 49.3 Å². The molecule has 0 saturated carbocycles. The minimum atomic E-state index is 0.545. The summed E-state index contributed by atoms with van der Waals surface area (Å²) >= 11 is 7.55. The molecule has 0 aliphatic carbocycles. The van der Waals surface area contributed by atoms with Crippen LogP contribution in [0.1, 0.15) is 48.8 Å². The van der Waals surface area contributed by atoms with Gasteiger partial charge in [0.15, 0.2) is 4.77 Å². The van der Waals surface area contributed by atoms with Crippen LogP contribution in [0.4, 0.5) is 0 Å². The van der Waals surface area contributed by atoms with Gasteiger partial charge in [0.2, 0.25) is 0 Å². The topological polar surface area (TPSA) is 26.0 Å². The van der Waals surface area contributed by atoms with Crippen LogP contribution in [0.25, 0.3) is 0 Å². The van der Waals surface area contributed by atoms with Gasteiger partial charge in [-0.2, -0.15) is 5.10 Å². The van der Waals surface area contributed by atoms with Crippen molar-refractivity contribution in [1.29, 1.82) is 0 Å². The Kier molecular flexibility index (Phi) is 4.15. The van der Waals surface area contributed by atoms with Crippen molar-refractivity contribution in [3.8, 4) is 0 Å². The summed E-state index contributed by atoms with van der Waals surface area (Å²) in [7, 11) is 0. The molecular weight excluding hydrogens is 312 g/mol. The second kappa shape index (κ2) is 6.26. The Morgan fingerprint density at radius 2 is 2.18 bits per heavy atom. The highest BCUT2D eigenvalue weighted by atomic mass is 32.1. The molecule has 0 N–H and O–H groups in total. The Labute approximate surface area is 140 Å². The van der Waals surface area contributed by atoms with E-state index in [9.17, 15) is 0 Å². The number of thiophene rings is 1. The Morgan fingerprint density at radius 3 is 3.05 bits per heavy atom. The van der Waals surface area contributed by atoms with E-state index in [4.69, 9.17) is 17.3 Å². The molecule has 1 saturated heterocycles. The molecule has 1 fully saturated rings. The fraction of sp³-hybridized carbons (Fsp3) is 0.625. The lowest BCUT2D eigenvalue weighted by molar-refractivity contribution is 0.191. The molecule has 118 valence electrons. The second-order valence-corrected chi connectivity index (χ2v) is 7.63. The molecule has 2 aliphatic heterocycles. The number of rotatable bonds is 3. The molecule has 0 unspecified atom stereocenters. The SMILES string of the molecule is S=c1n(CN2CCC[C@H]2c2cccs2)nc2n1CCCCC2. The predicted molar refractivity (Wildman–Crippen MR) is 91.6 cm³/mol. The minimum absolute atomic E-state index is 0.545. The van der Waals surface area contributed by atoms with Gasteiger partial charge < -0.3 is 4.57 Å². The average molecular weight is 335 g/mol. The van der Waals surface area contributed by atoms with Gasteiger partial charge in [0.25, 0.3) is 0 Å². The summed E-state index contributed by atoms with van der Waals surface area (Å²) in [5.74, 6) is 1.19. The molecule has 0 radical (unpaired) electrons. The van der Waals surface area contributed by atoms with Crippen LogP contribution in [-0.4, -0.2) is 25.8 Å². The zero-order chi connectivity index (χ0) is 14.9. The largest absolute Gasteiger partial charge is 0.304 e. The molecule has 4 heterocycles. The fourth-order valence-electron chi connectivity index (χ4n) is 3.69. The molecule has 4 rings (SSSR count). The normalized spacial score (nSPS) is 22.6. The summed E-state index contributed by atoms with van der Waals surface area (Å²) in [5, 5.41) is 7.00. The molecule has 0 bridgehead atoms. The van der Waals surface area contributed by atoms with Gasteiger partial charge in [0.1, 0.15) is 5.82 Å². The maximum Gasteiger partial charge on any atom is 0.199 e. The third-order valence-electron chi connectivity index (χ3n) is 4.83. The van der Waals surface area contributed by atoms with E-state index < -0.39 is 0 Å². The summed E-state index contributed by atoms with van der Waals surface area (Å²) in [5.41, 5.74) is 0. The van der Waals surface area contributed by atoms with Crippen LogP contribution in [0.3, 0.4) is 0 Å². The number of fused-ring (bicyclic) bond motifs is 1. The van der Waals surface area contributed by atoms with E-state index in [-0.39, 0.29) is 0 Å². The fourth-order valence-corrected chi connectivity index (χ4v) is 4.88. The van der Waals surface area contributed by atoms with E-state index in [2.05, 4.69) is 31.7 Å². The van der Waals surface area contributed by atoms with E-state index in [0.29, 0.717) is 6.04 Å². The van der Waals surface area contributed by atoms with E-state index in [1.807, 2.05) is 11.3 Å². The minimum Gasteiger partial charge on any atom is -0.304 e. The maximum atomic E-state index is 5.68. The van der Waals surface area contributed by atoms with Crippen molar-refractivity contribution in [2.75, 3.05) is 6.54 Å². The van der Waals surface area contributed by atoms with Gasteiger partial charge >= 0.3 is 0 Å². The van der Waals surface area contributed by atoms with Gasteiger partial charge in [0.05, 0.1) is 6.67 Å². The lowest BCUT2D eigenvalue weighted by Crippen LogP contribution is -2.26. The quantitative estimate of drug-likeness (QED) is 0.794. The lowest BCUT2D eigenvalue weighted by atomic mass is 10.2. The Bertz CT molecular complexity index is 686. The first-order chi connectivity index (χ1) is 10.8. The molecule has 2 aliphatic rings. The molecular formula is C16H22N4S2. The smallest absolute Gasteiger partial charge is 0.199 e. The predicted octanol–water partition coefficient (Wildman–Crippen LogP) is 4.00. The molecule has 0 amide bonds. The molecule has 2 aromatic rings. The molecule has 4 nitrogen and oxygen atoms in total. The summed E-state index contributed by atoms with van der Waals surface area (Å²) in [4.78, 5) is 4.01. The van der Waals surface area contributed by atoms with E-state index in [1.54, 1.807) is 0 Å². The first-order valence-corrected chi connectivity index (χ1v) is 9.56. The van der Waals surface area contributed by atoms with Crippen molar-refractivity contribution < 1.29 is 0 Å². The molecule has 2 aromatic heterocycles. The molecule has 0 aromatic carbocycles. The van der Waals surface area contributed by atoms with Crippen molar-refractivity contribution in [2.45, 2.75) is 57.8 Å². The monoisotopic (exact) mass is 334 g/mol. The van der Waals surface area contributed by atoms with E-state index in [0.717, 1.165) is 31.0 Å². The average Bonchev–Trinajstić information content (AvgIpc) is 3.20. The van der Waals surface area contributed by atoms with Crippen LogP contribution >= 0.6 is 23.6 Å². The van der Waals surface area contributed by atoms with Crippen molar-refractivity contribution in [3.05, 3.63) is 33.0 Å². The van der Waals surface area contributed by atoms with Gasteiger partial charge in [-0.1, -0.05) is 12.5 Å². The standard InChI is InChI=1S/C16H22N4S2/c21-16-19-10-3-1-2-8-15(19)17-20(16)12-18-9-4-6-13(18)14-7-5-11-22-14/h5,7,11,13H,1-4,6,8-10,12H2/t13-/m0/s1. The zero-order valence-electron chi connectivity index (χ0n) is 12.8. The van der Waals surface area contributed by atoms with Crippen LogP contribution in [-0.2, 0) is 19.6 Å². The third-order valence-corrected chi connectivity index (χ3v) is 6.24.